The lowest BCUT2D eigenvalue weighted by Crippen LogP contribution is -2.30. The van der Waals surface area contributed by atoms with Gasteiger partial charge in [-0.2, -0.15) is 0 Å². The first-order chi connectivity index (χ1) is 44.4. The SMILES string of the molecule is CCCCCCCCCCCCCCCCCCCC(=O)O[C@H](COC(=O)CCCCCCCCCCCCCCC(C)C)COP(=O)(O)OC[C@@H](O)COP(=O)(O)OC[C@@H](COC(=O)CCCCCCC)OC(=O)CCCCCCCCCCCCCCC(C)C. The first kappa shape index (κ1) is 90.1. The zero-order chi connectivity index (χ0) is 67.9. The quantitative estimate of drug-likeness (QED) is 0.0222. The molecule has 3 N–H and O–H groups in total. The van der Waals surface area contributed by atoms with Crippen molar-refractivity contribution in [2.75, 3.05) is 39.6 Å². The Balaban J connectivity index is 5.15. The molecule has 0 bridgehead atoms. The number of aliphatic hydroxyl groups is 1. The van der Waals surface area contributed by atoms with Crippen molar-refractivity contribution in [2.24, 2.45) is 11.8 Å². The van der Waals surface area contributed by atoms with Crippen LogP contribution in [0.2, 0.25) is 0 Å². The first-order valence-electron chi connectivity index (χ1n) is 38.0. The predicted molar refractivity (Wildman–Crippen MR) is 372 cm³/mol. The number of ether oxygens (including phenoxy) is 4. The molecule has 0 radical (unpaired) electrons. The summed E-state index contributed by atoms with van der Waals surface area (Å²) in [4.78, 5) is 72.4. The van der Waals surface area contributed by atoms with E-state index in [4.69, 9.17) is 37.0 Å². The smallest absolute Gasteiger partial charge is 0.462 e. The number of unbranched alkanes of at least 4 members (excludes halogenated alkanes) is 42. The van der Waals surface area contributed by atoms with Gasteiger partial charge in [0, 0.05) is 25.7 Å². The van der Waals surface area contributed by atoms with Gasteiger partial charge in [0.2, 0.25) is 0 Å². The van der Waals surface area contributed by atoms with Crippen LogP contribution in [0.25, 0.3) is 0 Å². The lowest BCUT2D eigenvalue weighted by Gasteiger charge is -2.21. The number of carbonyl (C=O) groups is 4. The topological polar surface area (TPSA) is 237 Å². The van der Waals surface area contributed by atoms with E-state index in [-0.39, 0.29) is 25.7 Å². The highest BCUT2D eigenvalue weighted by atomic mass is 31.2. The highest BCUT2D eigenvalue weighted by molar-refractivity contribution is 7.47. The average Bonchev–Trinajstić information content (AvgIpc) is 1.52. The third kappa shape index (κ3) is 66.7. The fraction of sp³-hybridized carbons (Fsp3) is 0.945. The van der Waals surface area contributed by atoms with Crippen molar-refractivity contribution in [3.05, 3.63) is 0 Å². The van der Waals surface area contributed by atoms with Crippen molar-refractivity contribution >= 4 is 39.5 Å². The molecule has 0 aliphatic heterocycles. The van der Waals surface area contributed by atoms with E-state index in [1.165, 1.54) is 186 Å². The summed E-state index contributed by atoms with van der Waals surface area (Å²) in [5.41, 5.74) is 0. The molecule has 2 unspecified atom stereocenters. The molecule has 0 heterocycles. The Morgan fingerprint density at radius 3 is 0.739 bits per heavy atom. The Kier molecular flexibility index (Phi) is 63.7. The molecule has 0 spiro atoms. The number of aliphatic hydroxyl groups excluding tert-OH is 1. The van der Waals surface area contributed by atoms with Gasteiger partial charge in [-0.3, -0.25) is 37.3 Å². The molecule has 0 amide bonds. The number of phosphoric acid groups is 2. The first-order valence-corrected chi connectivity index (χ1v) is 41.0. The number of hydrogen-bond acceptors (Lipinski definition) is 15. The maximum Gasteiger partial charge on any atom is 0.472 e. The van der Waals surface area contributed by atoms with Crippen molar-refractivity contribution in [3.8, 4) is 0 Å². The summed E-state index contributed by atoms with van der Waals surface area (Å²) < 4.78 is 68.2. The highest BCUT2D eigenvalue weighted by Gasteiger charge is 2.30. The van der Waals surface area contributed by atoms with Crippen molar-refractivity contribution in [3.63, 3.8) is 0 Å². The molecule has 0 saturated carbocycles. The summed E-state index contributed by atoms with van der Waals surface area (Å²) in [5, 5.41) is 10.6. The molecule has 546 valence electrons. The Morgan fingerprint density at radius 2 is 0.500 bits per heavy atom. The second kappa shape index (κ2) is 65.0. The molecule has 5 atom stereocenters. The van der Waals surface area contributed by atoms with Gasteiger partial charge < -0.3 is 33.8 Å². The van der Waals surface area contributed by atoms with Crippen LogP contribution in [0, 0.1) is 11.8 Å². The van der Waals surface area contributed by atoms with Crippen molar-refractivity contribution in [1.29, 1.82) is 0 Å². The molecule has 0 aromatic rings. The maximum absolute atomic E-state index is 13.0. The summed E-state index contributed by atoms with van der Waals surface area (Å²) in [7, 11) is -9.90. The minimum absolute atomic E-state index is 0.106. The number of phosphoric ester groups is 2. The fourth-order valence-electron chi connectivity index (χ4n) is 11.1. The van der Waals surface area contributed by atoms with Gasteiger partial charge in [0.15, 0.2) is 12.2 Å². The Bertz CT molecular complexity index is 1790. The van der Waals surface area contributed by atoms with Crippen molar-refractivity contribution < 1.29 is 80.2 Å². The molecule has 0 fully saturated rings. The summed E-state index contributed by atoms with van der Waals surface area (Å²) in [5.74, 6) is -0.571. The molecule has 0 saturated heterocycles. The third-order valence-corrected chi connectivity index (χ3v) is 18.9. The number of carbonyl (C=O) groups excluding carboxylic acids is 4. The minimum Gasteiger partial charge on any atom is -0.462 e. The summed E-state index contributed by atoms with van der Waals surface area (Å²) in [6.45, 7) is 9.51. The van der Waals surface area contributed by atoms with Crippen LogP contribution in [0.3, 0.4) is 0 Å². The molecule has 19 heteroatoms. The van der Waals surface area contributed by atoms with E-state index in [1.54, 1.807) is 0 Å². The highest BCUT2D eigenvalue weighted by Crippen LogP contribution is 2.45. The van der Waals surface area contributed by atoms with Gasteiger partial charge in [-0.15, -0.1) is 0 Å². The van der Waals surface area contributed by atoms with Crippen LogP contribution in [0.1, 0.15) is 375 Å². The Hall–Kier alpha value is -1.94. The Labute approximate surface area is 562 Å². The van der Waals surface area contributed by atoms with Gasteiger partial charge >= 0.3 is 39.5 Å². The number of hydrogen-bond donors (Lipinski definition) is 3. The summed E-state index contributed by atoms with van der Waals surface area (Å²) in [6, 6.07) is 0. The van der Waals surface area contributed by atoms with Crippen LogP contribution in [-0.4, -0.2) is 96.7 Å². The van der Waals surface area contributed by atoms with Gasteiger partial charge in [-0.05, 0) is 37.5 Å². The van der Waals surface area contributed by atoms with Gasteiger partial charge in [-0.1, -0.05) is 324 Å². The van der Waals surface area contributed by atoms with E-state index in [9.17, 15) is 43.2 Å². The molecule has 17 nitrogen and oxygen atoms in total. The van der Waals surface area contributed by atoms with Crippen LogP contribution >= 0.6 is 15.6 Å². The minimum atomic E-state index is -4.95. The number of rotatable bonds is 72. The Morgan fingerprint density at radius 1 is 0.293 bits per heavy atom. The van der Waals surface area contributed by atoms with Crippen LogP contribution in [0.15, 0.2) is 0 Å². The van der Waals surface area contributed by atoms with Crippen LogP contribution < -0.4 is 0 Å². The zero-order valence-corrected chi connectivity index (χ0v) is 61.6. The van der Waals surface area contributed by atoms with Crippen LogP contribution in [0.4, 0.5) is 0 Å². The molecule has 0 aliphatic carbocycles. The number of esters is 4. The second-order valence-corrected chi connectivity index (χ2v) is 30.2. The average molecular weight is 1350 g/mol. The van der Waals surface area contributed by atoms with Crippen LogP contribution in [-0.2, 0) is 65.4 Å². The molecule has 0 aromatic carbocycles. The van der Waals surface area contributed by atoms with E-state index >= 15 is 0 Å². The monoisotopic (exact) mass is 1350 g/mol. The molecular weight excluding hydrogens is 1210 g/mol. The van der Waals surface area contributed by atoms with E-state index < -0.39 is 97.5 Å². The third-order valence-electron chi connectivity index (χ3n) is 17.0. The molecule has 0 rings (SSSR count). The van der Waals surface area contributed by atoms with Gasteiger partial charge in [0.25, 0.3) is 0 Å². The lowest BCUT2D eigenvalue weighted by molar-refractivity contribution is -0.161. The van der Waals surface area contributed by atoms with E-state index in [1.807, 2.05) is 0 Å². The van der Waals surface area contributed by atoms with E-state index in [0.29, 0.717) is 25.7 Å². The molecule has 0 aromatic heterocycles. The lowest BCUT2D eigenvalue weighted by atomic mass is 10.0. The summed E-state index contributed by atoms with van der Waals surface area (Å²) in [6.07, 6.45) is 51.7. The van der Waals surface area contributed by atoms with Gasteiger partial charge in [0.05, 0.1) is 26.4 Å². The normalized spacial score (nSPS) is 14.1. The van der Waals surface area contributed by atoms with E-state index in [0.717, 1.165) is 108 Å². The standard InChI is InChI=1S/C73H142O17P2/c1-7-9-11-13-14-15-16-17-18-19-20-21-29-34-39-45-51-58-73(78)90-69(62-84-71(76)56-50-44-38-33-28-24-22-26-31-36-42-47-53-65(3)4)64-88-92(81,82)86-60-67(74)59-85-91(79,80)87-63-68(61-83-70(75)55-49-41-12-10-8-2)89-72(77)57-52-46-40-35-30-25-23-27-32-37-43-48-54-66(5)6/h65-69,74H,7-64H2,1-6H3,(H,79,80)(H,81,82)/t67-,68+,69+/m0/s1. The fourth-order valence-corrected chi connectivity index (χ4v) is 12.7. The van der Waals surface area contributed by atoms with E-state index in [2.05, 4.69) is 41.5 Å². The van der Waals surface area contributed by atoms with Crippen molar-refractivity contribution in [1.82, 2.24) is 0 Å². The predicted octanol–water partition coefficient (Wildman–Crippen LogP) is 21.2. The van der Waals surface area contributed by atoms with Crippen molar-refractivity contribution in [2.45, 2.75) is 394 Å². The van der Waals surface area contributed by atoms with Gasteiger partial charge in [-0.25, -0.2) is 9.13 Å². The van der Waals surface area contributed by atoms with Gasteiger partial charge in [0.1, 0.15) is 19.3 Å². The summed E-state index contributed by atoms with van der Waals surface area (Å²) >= 11 is 0. The maximum atomic E-state index is 13.0. The molecular formula is C73H142O17P2. The van der Waals surface area contributed by atoms with Crippen LogP contribution in [0.5, 0.6) is 0 Å². The molecule has 92 heavy (non-hydrogen) atoms. The molecule has 0 aliphatic rings. The second-order valence-electron chi connectivity index (χ2n) is 27.3. The zero-order valence-electron chi connectivity index (χ0n) is 59.9. The largest absolute Gasteiger partial charge is 0.472 e.